The number of rotatable bonds is 6. The Bertz CT molecular complexity index is 888. The van der Waals surface area contributed by atoms with Gasteiger partial charge in [-0.15, -0.1) is 0 Å². The average molecular weight is 344 g/mol. The first-order chi connectivity index (χ1) is 12.1. The van der Waals surface area contributed by atoms with E-state index in [9.17, 15) is 8.78 Å². The highest BCUT2D eigenvalue weighted by Crippen LogP contribution is 2.24. The van der Waals surface area contributed by atoms with Crippen LogP contribution in [0.2, 0.25) is 0 Å². The maximum absolute atomic E-state index is 13.9. The van der Waals surface area contributed by atoms with Crippen molar-refractivity contribution in [1.82, 2.24) is 9.97 Å². The van der Waals surface area contributed by atoms with Crippen LogP contribution in [0, 0.1) is 11.6 Å². The first-order valence-electron chi connectivity index (χ1n) is 7.85. The molecule has 0 spiro atoms. The van der Waals surface area contributed by atoms with Crippen LogP contribution in [0.4, 0.5) is 20.5 Å². The lowest BCUT2D eigenvalue weighted by Crippen LogP contribution is -2.21. The minimum Gasteiger partial charge on any atom is -0.395 e. The molecular formula is C18H18F2N4O. The van der Waals surface area contributed by atoms with Crippen LogP contribution in [0.25, 0.3) is 10.9 Å². The lowest BCUT2D eigenvalue weighted by molar-refractivity contribution is 0.311. The van der Waals surface area contributed by atoms with E-state index >= 15 is 0 Å². The van der Waals surface area contributed by atoms with Gasteiger partial charge in [0.05, 0.1) is 12.1 Å². The van der Waals surface area contributed by atoms with Gasteiger partial charge in [-0.2, -0.15) is 4.98 Å². The van der Waals surface area contributed by atoms with Crippen molar-refractivity contribution < 1.29 is 13.9 Å². The molecule has 2 N–H and O–H groups in total. The Balaban J connectivity index is 1.93. The van der Waals surface area contributed by atoms with E-state index in [0.717, 1.165) is 17.0 Å². The molecule has 0 aliphatic rings. The van der Waals surface area contributed by atoms with E-state index in [1.54, 1.807) is 11.9 Å². The first kappa shape index (κ1) is 17.0. The molecule has 1 aromatic heterocycles. The minimum atomic E-state index is -0.610. The second kappa shape index (κ2) is 7.40. The van der Waals surface area contributed by atoms with Crippen LogP contribution in [0.5, 0.6) is 0 Å². The predicted molar refractivity (Wildman–Crippen MR) is 93.6 cm³/mol. The Morgan fingerprint density at radius 3 is 2.68 bits per heavy atom. The molecule has 130 valence electrons. The smallest absolute Gasteiger partial charge is 0.227 e. The van der Waals surface area contributed by atoms with Crippen molar-refractivity contribution in [2.45, 2.75) is 6.54 Å². The molecule has 0 fully saturated rings. The van der Waals surface area contributed by atoms with Gasteiger partial charge >= 0.3 is 0 Å². The molecule has 0 unspecified atom stereocenters. The highest BCUT2D eigenvalue weighted by atomic mass is 19.1. The molecule has 0 radical (unpaired) electrons. The molecule has 1 heterocycles. The Labute approximate surface area is 144 Å². The highest BCUT2D eigenvalue weighted by molar-refractivity contribution is 5.90. The fourth-order valence-electron chi connectivity index (χ4n) is 2.52. The van der Waals surface area contributed by atoms with E-state index in [-0.39, 0.29) is 13.2 Å². The number of aliphatic hydroxyl groups excluding tert-OH is 1. The van der Waals surface area contributed by atoms with E-state index in [4.69, 9.17) is 5.11 Å². The van der Waals surface area contributed by atoms with Crippen molar-refractivity contribution >= 4 is 22.7 Å². The van der Waals surface area contributed by atoms with Gasteiger partial charge in [0.1, 0.15) is 17.5 Å². The number of benzene rings is 2. The van der Waals surface area contributed by atoms with Gasteiger partial charge < -0.3 is 15.3 Å². The van der Waals surface area contributed by atoms with Crippen LogP contribution in [0.1, 0.15) is 5.56 Å². The maximum atomic E-state index is 13.9. The molecule has 0 aliphatic carbocycles. The molecule has 0 saturated heterocycles. The number of nitrogens with one attached hydrogen (secondary N) is 1. The molecule has 5 nitrogen and oxygen atoms in total. The summed E-state index contributed by atoms with van der Waals surface area (Å²) < 4.78 is 26.9. The third kappa shape index (κ3) is 3.83. The molecule has 0 bridgehead atoms. The monoisotopic (exact) mass is 344 g/mol. The zero-order valence-electron chi connectivity index (χ0n) is 13.7. The second-order valence-corrected chi connectivity index (χ2v) is 5.63. The van der Waals surface area contributed by atoms with Crippen molar-refractivity contribution in [2.75, 3.05) is 30.4 Å². The number of aliphatic hydroxyl groups is 1. The summed E-state index contributed by atoms with van der Waals surface area (Å²) in [6.45, 7) is 0.533. The van der Waals surface area contributed by atoms with Crippen molar-refractivity contribution in [2.24, 2.45) is 0 Å². The molecular weight excluding hydrogens is 326 g/mol. The Kier molecular flexibility index (Phi) is 5.04. The fraction of sp³-hybridized carbons (Fsp3) is 0.222. The average Bonchev–Trinajstić information content (AvgIpc) is 2.61. The number of anilines is 2. The lowest BCUT2D eigenvalue weighted by Gasteiger charge is -2.19. The van der Waals surface area contributed by atoms with E-state index in [1.165, 1.54) is 12.1 Å². The number of halogens is 2. The third-order valence-corrected chi connectivity index (χ3v) is 3.76. The standard InChI is InChI=1S/C18H18F2N4O/c1-24(11-12-6-7-13(19)10-15(12)20)18-22-16-5-3-2-4-14(16)17(23-18)21-8-9-25/h2-7,10,25H,8-9,11H2,1H3,(H,21,22,23). The topological polar surface area (TPSA) is 61.3 Å². The summed E-state index contributed by atoms with van der Waals surface area (Å²) >= 11 is 0. The molecule has 7 heteroatoms. The van der Waals surface area contributed by atoms with Crippen molar-refractivity contribution in [3.8, 4) is 0 Å². The van der Waals surface area contributed by atoms with Crippen LogP contribution < -0.4 is 10.2 Å². The summed E-state index contributed by atoms with van der Waals surface area (Å²) in [5, 5.41) is 12.9. The molecule has 2 aromatic carbocycles. The summed E-state index contributed by atoms with van der Waals surface area (Å²) in [7, 11) is 1.74. The van der Waals surface area contributed by atoms with E-state index in [0.29, 0.717) is 23.9 Å². The molecule has 0 aliphatic heterocycles. The van der Waals surface area contributed by atoms with Crippen LogP contribution in [0.3, 0.4) is 0 Å². The van der Waals surface area contributed by atoms with Gasteiger partial charge in [-0.05, 0) is 18.2 Å². The van der Waals surface area contributed by atoms with Gasteiger partial charge in [0.25, 0.3) is 0 Å². The Hall–Kier alpha value is -2.80. The number of fused-ring (bicyclic) bond motifs is 1. The molecule has 0 saturated carbocycles. The number of aromatic nitrogens is 2. The summed E-state index contributed by atoms with van der Waals surface area (Å²) in [6, 6.07) is 11.0. The molecule has 3 aromatic rings. The number of nitrogens with zero attached hydrogens (tertiary/aromatic N) is 3. The summed E-state index contributed by atoms with van der Waals surface area (Å²) in [5.74, 6) is -0.212. The van der Waals surface area contributed by atoms with Crippen molar-refractivity contribution in [3.63, 3.8) is 0 Å². The zero-order chi connectivity index (χ0) is 17.8. The lowest BCUT2D eigenvalue weighted by atomic mass is 10.2. The van der Waals surface area contributed by atoms with Gasteiger partial charge in [-0.25, -0.2) is 13.8 Å². The van der Waals surface area contributed by atoms with Gasteiger partial charge in [-0.1, -0.05) is 18.2 Å². The fourth-order valence-corrected chi connectivity index (χ4v) is 2.52. The largest absolute Gasteiger partial charge is 0.395 e. The molecule has 3 rings (SSSR count). The predicted octanol–water partition coefficient (Wildman–Crippen LogP) is 2.95. The zero-order valence-corrected chi connectivity index (χ0v) is 13.7. The molecule has 0 amide bonds. The van der Waals surface area contributed by atoms with Crippen molar-refractivity contribution in [1.29, 1.82) is 0 Å². The van der Waals surface area contributed by atoms with Crippen LogP contribution in [-0.4, -0.2) is 35.3 Å². The van der Waals surface area contributed by atoms with Crippen LogP contribution in [0.15, 0.2) is 42.5 Å². The summed E-state index contributed by atoms with van der Waals surface area (Å²) in [6.07, 6.45) is 0. The number of para-hydroxylation sites is 1. The van der Waals surface area contributed by atoms with Crippen LogP contribution in [-0.2, 0) is 6.54 Å². The van der Waals surface area contributed by atoms with E-state index in [1.807, 2.05) is 24.3 Å². The Morgan fingerprint density at radius 2 is 1.92 bits per heavy atom. The van der Waals surface area contributed by atoms with Gasteiger partial charge in [0.15, 0.2) is 0 Å². The number of hydrogen-bond donors (Lipinski definition) is 2. The molecule has 25 heavy (non-hydrogen) atoms. The summed E-state index contributed by atoms with van der Waals surface area (Å²) in [4.78, 5) is 10.7. The van der Waals surface area contributed by atoms with E-state index in [2.05, 4.69) is 15.3 Å². The van der Waals surface area contributed by atoms with Gasteiger partial charge in [0, 0.05) is 37.2 Å². The first-order valence-corrected chi connectivity index (χ1v) is 7.85. The Morgan fingerprint density at radius 1 is 1.12 bits per heavy atom. The van der Waals surface area contributed by atoms with E-state index < -0.39 is 11.6 Å². The quantitative estimate of drug-likeness (QED) is 0.720. The SMILES string of the molecule is CN(Cc1ccc(F)cc1F)c1nc(NCCO)c2ccccc2n1. The highest BCUT2D eigenvalue weighted by Gasteiger charge is 2.13. The maximum Gasteiger partial charge on any atom is 0.227 e. The minimum absolute atomic E-state index is 0.0235. The second-order valence-electron chi connectivity index (χ2n) is 5.63. The van der Waals surface area contributed by atoms with Gasteiger partial charge in [0.2, 0.25) is 5.95 Å². The molecule has 0 atom stereocenters. The van der Waals surface area contributed by atoms with Crippen molar-refractivity contribution in [3.05, 3.63) is 59.7 Å². The third-order valence-electron chi connectivity index (χ3n) is 3.76. The summed E-state index contributed by atoms with van der Waals surface area (Å²) in [5.41, 5.74) is 1.09. The normalized spacial score (nSPS) is 10.9. The van der Waals surface area contributed by atoms with Gasteiger partial charge in [-0.3, -0.25) is 0 Å². The number of hydrogen-bond acceptors (Lipinski definition) is 5. The van der Waals surface area contributed by atoms with Crippen LogP contribution >= 0.6 is 0 Å².